The molecule has 4 heterocycles. The van der Waals surface area contributed by atoms with E-state index in [9.17, 15) is 13.2 Å². The summed E-state index contributed by atoms with van der Waals surface area (Å²) in [4.78, 5) is 4.48. The van der Waals surface area contributed by atoms with Crippen molar-refractivity contribution in [3.8, 4) is 23.1 Å². The van der Waals surface area contributed by atoms with Gasteiger partial charge in [-0.15, -0.1) is 10.2 Å². The lowest BCUT2D eigenvalue weighted by Crippen LogP contribution is -2.46. The van der Waals surface area contributed by atoms with E-state index in [0.29, 0.717) is 29.6 Å². The topological polar surface area (TPSA) is 69.2 Å². The lowest BCUT2D eigenvalue weighted by atomic mass is 10.0. The first kappa shape index (κ1) is 20.0. The van der Waals surface area contributed by atoms with Crippen LogP contribution in [0.5, 0.6) is 11.8 Å². The van der Waals surface area contributed by atoms with E-state index >= 15 is 0 Å². The minimum absolute atomic E-state index is 0.148. The molecule has 162 valence electrons. The Morgan fingerprint density at radius 3 is 2.61 bits per heavy atom. The first-order valence-electron chi connectivity index (χ1n) is 10.2. The Bertz CT molecular complexity index is 1040. The van der Waals surface area contributed by atoms with Crippen molar-refractivity contribution in [2.75, 3.05) is 7.11 Å². The van der Waals surface area contributed by atoms with Gasteiger partial charge in [-0.1, -0.05) is 12.1 Å². The fourth-order valence-electron chi connectivity index (χ4n) is 4.47. The number of nitrogens with one attached hydrogen (secondary N) is 1. The predicted molar refractivity (Wildman–Crippen MR) is 107 cm³/mol. The molecule has 2 bridgehead atoms. The maximum absolute atomic E-state index is 13.9. The summed E-state index contributed by atoms with van der Waals surface area (Å²) >= 11 is 0. The molecule has 6 nitrogen and oxygen atoms in total. The molecule has 0 spiro atoms. The molecule has 2 aromatic rings. The number of pyridine rings is 1. The van der Waals surface area contributed by atoms with Crippen molar-refractivity contribution < 1.29 is 22.6 Å². The Hall–Kier alpha value is -2.94. The molecular weight excluding hydrogens is 409 g/mol. The quantitative estimate of drug-likeness (QED) is 0.775. The molecule has 0 aromatic carbocycles. The Labute approximate surface area is 177 Å². The molecule has 0 amide bonds. The normalized spacial score (nSPS) is 28.5. The van der Waals surface area contributed by atoms with Crippen LogP contribution >= 0.6 is 0 Å². The third-order valence-corrected chi connectivity index (χ3v) is 5.94. The second kappa shape index (κ2) is 7.64. The number of halogens is 3. The second-order valence-electron chi connectivity index (χ2n) is 8.08. The molecule has 1 N–H and O–H groups in total. The number of piperidine rings is 1. The summed E-state index contributed by atoms with van der Waals surface area (Å²) in [6.45, 7) is 0. The molecule has 2 saturated heterocycles. The van der Waals surface area contributed by atoms with Gasteiger partial charge in [0.15, 0.2) is 0 Å². The summed E-state index contributed by atoms with van der Waals surface area (Å²) in [6.07, 6.45) is 4.92. The van der Waals surface area contributed by atoms with Crippen molar-refractivity contribution in [3.63, 3.8) is 0 Å². The average Bonchev–Trinajstić information content (AvgIpc) is 3.27. The zero-order chi connectivity index (χ0) is 21.6. The van der Waals surface area contributed by atoms with E-state index in [0.717, 1.165) is 5.56 Å². The van der Waals surface area contributed by atoms with Crippen molar-refractivity contribution in [3.05, 3.63) is 53.9 Å². The first-order chi connectivity index (χ1) is 14.9. The third-order valence-electron chi connectivity index (χ3n) is 5.94. The van der Waals surface area contributed by atoms with Crippen LogP contribution < -0.4 is 14.8 Å². The minimum Gasteiger partial charge on any atom is -0.481 e. The highest BCUT2D eigenvalue weighted by Crippen LogP contribution is 2.40. The number of allylic oxidation sites excluding steroid dienone is 4. The largest absolute Gasteiger partial charge is 0.481 e. The highest BCUT2D eigenvalue weighted by Gasteiger charge is 2.53. The Kier molecular flexibility index (Phi) is 4.92. The van der Waals surface area contributed by atoms with Crippen LogP contribution in [-0.4, -0.2) is 46.4 Å². The fourth-order valence-corrected chi connectivity index (χ4v) is 4.47. The molecular formula is C22H21F3N4O2. The first-order valence-corrected chi connectivity index (χ1v) is 10.2. The van der Waals surface area contributed by atoms with Crippen molar-refractivity contribution >= 4 is 0 Å². The van der Waals surface area contributed by atoms with Crippen LogP contribution in [0.15, 0.2) is 48.3 Å². The zero-order valence-electron chi connectivity index (χ0n) is 16.8. The molecule has 0 saturated carbocycles. The Balaban J connectivity index is 1.30. The van der Waals surface area contributed by atoms with Crippen molar-refractivity contribution in [1.29, 1.82) is 0 Å². The lowest BCUT2D eigenvalue weighted by Gasteiger charge is -2.29. The van der Waals surface area contributed by atoms with Crippen LogP contribution in [0.4, 0.5) is 13.2 Å². The van der Waals surface area contributed by atoms with Gasteiger partial charge in [0.1, 0.15) is 17.6 Å². The smallest absolute Gasteiger partial charge is 0.264 e. The highest BCUT2D eigenvalue weighted by molar-refractivity contribution is 5.57. The maximum atomic E-state index is 13.9. The summed E-state index contributed by atoms with van der Waals surface area (Å²) in [5.74, 6) is -2.54. The van der Waals surface area contributed by atoms with Gasteiger partial charge >= 0.3 is 0 Å². The van der Waals surface area contributed by atoms with Gasteiger partial charge in [-0.3, -0.25) is 0 Å². The number of methoxy groups -OCH3 is 1. The number of nitrogens with zero attached hydrogens (tertiary/aromatic N) is 3. The van der Waals surface area contributed by atoms with Crippen LogP contribution in [0.1, 0.15) is 30.7 Å². The van der Waals surface area contributed by atoms with Gasteiger partial charge in [-0.2, -0.15) is 0 Å². The molecule has 4 atom stereocenters. The Morgan fingerprint density at radius 1 is 1.10 bits per heavy atom. The van der Waals surface area contributed by atoms with Crippen LogP contribution in [0.25, 0.3) is 11.4 Å². The molecule has 1 aliphatic carbocycles. The summed E-state index contributed by atoms with van der Waals surface area (Å²) in [5, 5.41) is 11.2. The predicted octanol–water partition coefficient (Wildman–Crippen LogP) is 3.96. The fraction of sp³-hybridized carbons (Fsp3) is 0.409. The number of alkyl halides is 2. The summed E-state index contributed by atoms with van der Waals surface area (Å²) < 4.78 is 52.3. The molecule has 0 radical (unpaired) electrons. The summed E-state index contributed by atoms with van der Waals surface area (Å²) in [6, 6.07) is 5.87. The molecule has 9 heteroatoms. The van der Waals surface area contributed by atoms with E-state index in [1.807, 2.05) is 6.07 Å². The Morgan fingerprint density at radius 2 is 1.94 bits per heavy atom. The van der Waals surface area contributed by atoms with Gasteiger partial charge < -0.3 is 14.8 Å². The maximum Gasteiger partial charge on any atom is 0.264 e. The van der Waals surface area contributed by atoms with E-state index in [1.165, 1.54) is 19.3 Å². The van der Waals surface area contributed by atoms with Crippen molar-refractivity contribution in [1.82, 2.24) is 20.5 Å². The van der Waals surface area contributed by atoms with Gasteiger partial charge in [0.25, 0.3) is 5.92 Å². The van der Waals surface area contributed by atoms with Gasteiger partial charge in [-0.25, -0.2) is 18.2 Å². The number of fused-ring (bicyclic) bond motifs is 2. The zero-order valence-corrected chi connectivity index (χ0v) is 16.8. The van der Waals surface area contributed by atoms with E-state index in [4.69, 9.17) is 9.47 Å². The summed E-state index contributed by atoms with van der Waals surface area (Å²) in [5.41, 5.74) is 1.81. The number of aromatic nitrogens is 3. The highest BCUT2D eigenvalue weighted by atomic mass is 19.3. The van der Waals surface area contributed by atoms with Crippen LogP contribution in [0, 0.1) is 0 Å². The minimum atomic E-state index is -2.69. The van der Waals surface area contributed by atoms with Gasteiger partial charge in [0, 0.05) is 36.4 Å². The monoisotopic (exact) mass is 430 g/mol. The van der Waals surface area contributed by atoms with Gasteiger partial charge in [-0.05, 0) is 30.7 Å². The average molecular weight is 430 g/mol. The molecule has 3 aliphatic rings. The number of rotatable bonds is 5. The number of hydrogen-bond donors (Lipinski definition) is 1. The van der Waals surface area contributed by atoms with Crippen LogP contribution in [-0.2, 0) is 0 Å². The SMILES string of the molecule is COc1nc(-c2ccc(OC3CC4CC(F)(F)C(C3)N4)nn2)ccc1C1C=CC(F)=C1. The molecule has 31 heavy (non-hydrogen) atoms. The van der Waals surface area contributed by atoms with Crippen molar-refractivity contribution in [2.24, 2.45) is 0 Å². The van der Waals surface area contributed by atoms with Gasteiger partial charge in [0.2, 0.25) is 11.8 Å². The third kappa shape index (κ3) is 3.89. The molecule has 2 aromatic heterocycles. The van der Waals surface area contributed by atoms with E-state index in [2.05, 4.69) is 20.5 Å². The van der Waals surface area contributed by atoms with E-state index in [-0.39, 0.29) is 36.7 Å². The molecule has 2 fully saturated rings. The number of hydrogen-bond acceptors (Lipinski definition) is 6. The van der Waals surface area contributed by atoms with E-state index in [1.54, 1.807) is 24.3 Å². The molecule has 5 rings (SSSR count). The molecule has 2 aliphatic heterocycles. The second-order valence-corrected chi connectivity index (χ2v) is 8.08. The lowest BCUT2D eigenvalue weighted by molar-refractivity contribution is -0.0195. The number of ether oxygens (including phenoxy) is 2. The molecule has 4 unspecified atom stereocenters. The van der Waals surface area contributed by atoms with Crippen LogP contribution in [0.2, 0.25) is 0 Å². The summed E-state index contributed by atoms with van der Waals surface area (Å²) in [7, 11) is 1.51. The standard InChI is InChI=1S/C22H21F3N4O2/c1-30-21-16(12-2-3-13(23)8-12)4-5-17(27-21)18-6-7-20(29-28-18)31-15-9-14-11-22(24,25)19(10-15)26-14/h2-8,12,14-15,19,26H,9-11H2,1H3. The van der Waals surface area contributed by atoms with E-state index < -0.39 is 12.0 Å². The van der Waals surface area contributed by atoms with Gasteiger partial charge in [0.05, 0.1) is 18.8 Å². The van der Waals surface area contributed by atoms with Crippen LogP contribution in [0.3, 0.4) is 0 Å². The van der Waals surface area contributed by atoms with Crippen molar-refractivity contribution in [2.45, 2.75) is 49.3 Å².